The highest BCUT2D eigenvalue weighted by molar-refractivity contribution is 7.45. The van der Waals surface area contributed by atoms with Crippen molar-refractivity contribution in [1.29, 1.82) is 0 Å². The van der Waals surface area contributed by atoms with Crippen molar-refractivity contribution in [2.75, 3.05) is 40.9 Å². The lowest BCUT2D eigenvalue weighted by Crippen LogP contribution is -2.47. The van der Waals surface area contributed by atoms with E-state index in [1.54, 1.807) is 0 Å². The second kappa shape index (κ2) is 49.3. The number of carbonyl (C=O) groups is 2. The molecule has 0 aliphatic carbocycles. The Balaban J connectivity index is 5.24. The highest BCUT2D eigenvalue weighted by Gasteiger charge is 2.27. The van der Waals surface area contributed by atoms with Crippen LogP contribution in [0.25, 0.3) is 0 Å². The molecule has 0 aliphatic rings. The number of nitrogens with zero attached hydrogens (tertiary/aromatic N) is 1. The molecule has 1 amide bonds. The van der Waals surface area contributed by atoms with Gasteiger partial charge in [-0.2, -0.15) is 0 Å². The third kappa shape index (κ3) is 50.4. The summed E-state index contributed by atoms with van der Waals surface area (Å²) in [6.45, 7) is 6.75. The second-order valence-corrected chi connectivity index (χ2v) is 21.8. The monoisotopic (exact) mass is 989 g/mol. The summed E-state index contributed by atoms with van der Waals surface area (Å²) >= 11 is 0. The van der Waals surface area contributed by atoms with Gasteiger partial charge < -0.3 is 28.5 Å². The molecule has 0 aromatic rings. The van der Waals surface area contributed by atoms with Gasteiger partial charge in [-0.05, 0) is 89.5 Å². The number of likely N-dealkylation sites (N-methyl/N-ethyl adjacent to an activating group) is 1. The molecular weight excluding hydrogens is 880 g/mol. The van der Waals surface area contributed by atoms with Crippen LogP contribution in [0.2, 0.25) is 0 Å². The Kier molecular flexibility index (Phi) is 47.7. The first-order valence-corrected chi connectivity index (χ1v) is 30.1. The van der Waals surface area contributed by atoms with E-state index >= 15 is 0 Å². The predicted octanol–water partition coefficient (Wildman–Crippen LogP) is 16.5. The molecular formula is C59H109N2O7P. The Hall–Kier alpha value is -2.29. The molecule has 0 aromatic heterocycles. The zero-order chi connectivity index (χ0) is 50.8. The van der Waals surface area contributed by atoms with E-state index < -0.39 is 26.6 Å². The Labute approximate surface area is 426 Å². The number of unbranched alkanes of at least 4 members (excludes halogenated alkanes) is 27. The molecule has 0 spiro atoms. The molecule has 0 aliphatic heterocycles. The number of quaternary nitrogens is 1. The van der Waals surface area contributed by atoms with Gasteiger partial charge in [0.15, 0.2) is 0 Å². The number of phosphoric ester groups is 1. The van der Waals surface area contributed by atoms with Crippen molar-refractivity contribution >= 4 is 19.7 Å². The van der Waals surface area contributed by atoms with E-state index in [0.29, 0.717) is 17.4 Å². The summed E-state index contributed by atoms with van der Waals surface area (Å²) in [5, 5.41) is 3.01. The first kappa shape index (κ1) is 66.7. The molecule has 0 heterocycles. The van der Waals surface area contributed by atoms with Crippen LogP contribution in [0.3, 0.4) is 0 Å². The summed E-state index contributed by atoms with van der Waals surface area (Å²) in [4.78, 5) is 39.8. The van der Waals surface area contributed by atoms with Crippen molar-refractivity contribution in [3.05, 3.63) is 60.8 Å². The molecule has 0 aromatic carbocycles. The SMILES string of the molecule is CCCC/C=C\CCCCCCCC(=O)OC(/C=C\CCCCCCCCCCC)C(COP(=O)([O-])OCC[N+](C)(C)C)NC(=O)CCCCCCCCCC/C=C\C/C=C\C/C=C\CCCCC. The number of carbonyl (C=O) groups excluding carboxylic acids is 2. The number of amides is 1. The molecule has 0 radical (unpaired) electrons. The maximum Gasteiger partial charge on any atom is 0.306 e. The van der Waals surface area contributed by atoms with Crippen molar-refractivity contribution in [1.82, 2.24) is 5.32 Å². The average molecular weight is 990 g/mol. The number of esters is 1. The number of nitrogens with one attached hydrogen (secondary N) is 1. The minimum Gasteiger partial charge on any atom is -0.756 e. The van der Waals surface area contributed by atoms with Crippen LogP contribution in [0.15, 0.2) is 60.8 Å². The molecule has 0 bridgehead atoms. The van der Waals surface area contributed by atoms with E-state index in [-0.39, 0.29) is 24.9 Å². The molecule has 0 saturated carbocycles. The van der Waals surface area contributed by atoms with E-state index in [1.807, 2.05) is 33.3 Å². The molecule has 3 atom stereocenters. The molecule has 402 valence electrons. The van der Waals surface area contributed by atoms with E-state index in [4.69, 9.17) is 13.8 Å². The van der Waals surface area contributed by atoms with Crippen LogP contribution in [-0.2, 0) is 27.9 Å². The number of hydrogen-bond acceptors (Lipinski definition) is 7. The van der Waals surface area contributed by atoms with Crippen LogP contribution in [0, 0.1) is 0 Å². The molecule has 69 heavy (non-hydrogen) atoms. The summed E-state index contributed by atoms with van der Waals surface area (Å²) in [7, 11) is 1.17. The van der Waals surface area contributed by atoms with Gasteiger partial charge in [-0.1, -0.05) is 210 Å². The van der Waals surface area contributed by atoms with Crippen LogP contribution in [0.5, 0.6) is 0 Å². The molecule has 0 fully saturated rings. The minimum absolute atomic E-state index is 0.0265. The van der Waals surface area contributed by atoms with Crippen LogP contribution in [-0.4, -0.2) is 69.4 Å². The largest absolute Gasteiger partial charge is 0.756 e. The first-order valence-electron chi connectivity index (χ1n) is 28.6. The smallest absolute Gasteiger partial charge is 0.306 e. The number of rotatable bonds is 51. The van der Waals surface area contributed by atoms with Crippen LogP contribution in [0.1, 0.15) is 252 Å². The molecule has 0 rings (SSSR count). The fourth-order valence-electron chi connectivity index (χ4n) is 7.92. The van der Waals surface area contributed by atoms with Crippen molar-refractivity contribution in [3.8, 4) is 0 Å². The van der Waals surface area contributed by atoms with Crippen molar-refractivity contribution in [2.45, 2.75) is 264 Å². The Morgan fingerprint density at radius 2 is 0.899 bits per heavy atom. The summed E-state index contributed by atoms with van der Waals surface area (Å²) in [6, 6.07) is -0.894. The molecule has 10 heteroatoms. The Bertz CT molecular complexity index is 1370. The standard InChI is InChI=1S/C59H109N2O7P/c1-7-10-13-16-19-22-25-26-27-28-29-30-31-32-33-34-37-39-42-45-48-51-58(62)60-56(55-67-69(64,65)66-54-53-61(4,5)6)57(50-47-44-41-38-35-23-20-17-14-11-8-2)68-59(63)52-49-46-43-40-36-24-21-18-15-12-9-3/h18-19,21-22,26-27,29-30,47,50,56-57H,7-17,20,23-25,28,31-46,48-49,51-55H2,1-6H3,(H-,60,62,64,65)/b21-18-,22-19-,27-26-,30-29-,50-47-. The lowest BCUT2D eigenvalue weighted by Gasteiger charge is -2.30. The third-order valence-electron chi connectivity index (χ3n) is 12.4. The lowest BCUT2D eigenvalue weighted by molar-refractivity contribution is -0.870. The van der Waals surface area contributed by atoms with Crippen molar-refractivity contribution in [3.63, 3.8) is 0 Å². The Morgan fingerprint density at radius 1 is 0.507 bits per heavy atom. The van der Waals surface area contributed by atoms with E-state index in [2.05, 4.69) is 74.7 Å². The minimum atomic E-state index is -4.69. The fraction of sp³-hybridized carbons (Fsp3) is 0.797. The number of allylic oxidation sites excluding steroid dienone is 9. The number of ether oxygens (including phenoxy) is 1. The highest BCUT2D eigenvalue weighted by Crippen LogP contribution is 2.38. The van der Waals surface area contributed by atoms with Crippen LogP contribution in [0.4, 0.5) is 0 Å². The van der Waals surface area contributed by atoms with Gasteiger partial charge in [-0.3, -0.25) is 14.2 Å². The van der Waals surface area contributed by atoms with Gasteiger partial charge in [0.25, 0.3) is 7.82 Å². The first-order chi connectivity index (χ1) is 33.4. The number of phosphoric acid groups is 1. The van der Waals surface area contributed by atoms with Crippen molar-refractivity contribution in [2.24, 2.45) is 0 Å². The fourth-order valence-corrected chi connectivity index (χ4v) is 8.64. The van der Waals surface area contributed by atoms with Gasteiger partial charge in [0, 0.05) is 12.8 Å². The topological polar surface area (TPSA) is 114 Å². The average Bonchev–Trinajstić information content (AvgIpc) is 3.31. The molecule has 1 N–H and O–H groups in total. The summed E-state index contributed by atoms with van der Waals surface area (Å²) in [5.74, 6) is -0.561. The van der Waals surface area contributed by atoms with Gasteiger partial charge >= 0.3 is 5.97 Å². The molecule has 9 nitrogen and oxygen atoms in total. The van der Waals surface area contributed by atoms with E-state index in [1.165, 1.54) is 109 Å². The number of hydrogen-bond donors (Lipinski definition) is 1. The zero-order valence-corrected chi connectivity index (χ0v) is 46.7. The summed E-state index contributed by atoms with van der Waals surface area (Å²) < 4.78 is 30.2. The second-order valence-electron chi connectivity index (χ2n) is 20.4. The summed E-state index contributed by atoms with van der Waals surface area (Å²) in [5.41, 5.74) is 0. The quantitative estimate of drug-likeness (QED) is 0.0212. The molecule has 3 unspecified atom stereocenters. The van der Waals surface area contributed by atoms with Crippen LogP contribution >= 0.6 is 7.82 Å². The van der Waals surface area contributed by atoms with Gasteiger partial charge in [0.05, 0.1) is 33.8 Å². The van der Waals surface area contributed by atoms with Crippen LogP contribution < -0.4 is 10.2 Å². The van der Waals surface area contributed by atoms with Gasteiger partial charge in [0.1, 0.15) is 19.3 Å². The normalized spacial score (nSPS) is 14.2. The molecule has 0 saturated heterocycles. The third-order valence-corrected chi connectivity index (χ3v) is 13.4. The van der Waals surface area contributed by atoms with Gasteiger partial charge in [-0.15, -0.1) is 0 Å². The maximum absolute atomic E-state index is 13.5. The highest BCUT2D eigenvalue weighted by atomic mass is 31.2. The lowest BCUT2D eigenvalue weighted by atomic mass is 10.0. The zero-order valence-electron chi connectivity index (χ0n) is 45.8. The van der Waals surface area contributed by atoms with E-state index in [0.717, 1.165) is 109 Å². The maximum atomic E-state index is 13.5. The summed E-state index contributed by atoms with van der Waals surface area (Å²) in [6.07, 6.45) is 60.4. The predicted molar refractivity (Wildman–Crippen MR) is 293 cm³/mol. The van der Waals surface area contributed by atoms with Crippen molar-refractivity contribution < 1.29 is 37.3 Å². The Morgan fingerprint density at radius 3 is 1.41 bits per heavy atom. The van der Waals surface area contributed by atoms with Gasteiger partial charge in [0.2, 0.25) is 5.91 Å². The van der Waals surface area contributed by atoms with Gasteiger partial charge in [-0.25, -0.2) is 0 Å². The van der Waals surface area contributed by atoms with E-state index in [9.17, 15) is 19.0 Å².